The van der Waals surface area contributed by atoms with Gasteiger partial charge in [0, 0.05) is 11.1 Å². The summed E-state index contributed by atoms with van der Waals surface area (Å²) in [4.78, 5) is 4.56. The quantitative estimate of drug-likeness (QED) is 0.853. The molecule has 2 aromatic rings. The normalized spacial score (nSPS) is 17.5. The van der Waals surface area contributed by atoms with E-state index in [0.29, 0.717) is 5.90 Å². The van der Waals surface area contributed by atoms with E-state index in [4.69, 9.17) is 9.47 Å². The van der Waals surface area contributed by atoms with E-state index in [1.54, 1.807) is 7.11 Å². The van der Waals surface area contributed by atoms with Crippen LogP contribution >= 0.6 is 0 Å². The Hall–Kier alpha value is -2.55. The van der Waals surface area contributed by atoms with Crippen molar-refractivity contribution >= 4 is 11.7 Å². The highest BCUT2D eigenvalue weighted by atomic mass is 16.5. The monoisotopic (exact) mass is 279 g/mol. The molecule has 2 aromatic carbocycles. The standard InChI is InChI=1S/C18H17NO2/c1-13-12-17(14-6-4-3-5-7-14)21-18(19-13)15-8-10-16(20-2)11-9-15/h3-13H,1-2H3/t13-/m1/s1. The molecule has 3 heteroatoms. The van der Waals surface area contributed by atoms with Crippen molar-refractivity contribution in [3.05, 3.63) is 71.8 Å². The molecule has 0 radical (unpaired) electrons. The van der Waals surface area contributed by atoms with E-state index in [-0.39, 0.29) is 6.04 Å². The van der Waals surface area contributed by atoms with Crippen LogP contribution in [0.1, 0.15) is 18.1 Å². The summed E-state index contributed by atoms with van der Waals surface area (Å²) in [7, 11) is 1.65. The van der Waals surface area contributed by atoms with Crippen LogP contribution in [0.5, 0.6) is 5.75 Å². The maximum atomic E-state index is 5.97. The number of nitrogens with zero attached hydrogens (tertiary/aromatic N) is 1. The molecule has 0 unspecified atom stereocenters. The third kappa shape index (κ3) is 2.97. The summed E-state index contributed by atoms with van der Waals surface area (Å²) < 4.78 is 11.1. The lowest BCUT2D eigenvalue weighted by Gasteiger charge is -2.19. The Balaban J connectivity index is 1.87. The van der Waals surface area contributed by atoms with Gasteiger partial charge < -0.3 is 9.47 Å². The zero-order valence-corrected chi connectivity index (χ0v) is 12.1. The molecule has 1 atom stereocenters. The van der Waals surface area contributed by atoms with Crippen LogP contribution in [-0.2, 0) is 4.74 Å². The SMILES string of the molecule is COc1ccc(C2=N[C@H](C)C=C(c3ccccc3)O2)cc1. The topological polar surface area (TPSA) is 30.8 Å². The van der Waals surface area contributed by atoms with Crippen molar-refractivity contribution in [1.82, 2.24) is 0 Å². The molecule has 0 spiro atoms. The van der Waals surface area contributed by atoms with Gasteiger partial charge in [-0.1, -0.05) is 30.3 Å². The van der Waals surface area contributed by atoms with Crippen molar-refractivity contribution in [2.75, 3.05) is 7.11 Å². The summed E-state index contributed by atoms with van der Waals surface area (Å²) >= 11 is 0. The molecule has 21 heavy (non-hydrogen) atoms. The van der Waals surface area contributed by atoms with Crippen LogP contribution in [0.4, 0.5) is 0 Å². The zero-order chi connectivity index (χ0) is 14.7. The molecule has 0 aromatic heterocycles. The molecule has 0 aliphatic carbocycles. The Morgan fingerprint density at radius 3 is 2.33 bits per heavy atom. The van der Waals surface area contributed by atoms with Gasteiger partial charge in [0.25, 0.3) is 0 Å². The van der Waals surface area contributed by atoms with Crippen molar-refractivity contribution in [1.29, 1.82) is 0 Å². The fourth-order valence-corrected chi connectivity index (χ4v) is 2.23. The summed E-state index contributed by atoms with van der Waals surface area (Å²) in [5, 5.41) is 0. The molecule has 0 amide bonds. The lowest BCUT2D eigenvalue weighted by molar-refractivity contribution is 0.414. The van der Waals surface area contributed by atoms with Crippen molar-refractivity contribution in [2.24, 2.45) is 4.99 Å². The van der Waals surface area contributed by atoms with Gasteiger partial charge in [0.1, 0.15) is 11.5 Å². The molecule has 1 heterocycles. The van der Waals surface area contributed by atoms with Gasteiger partial charge in [-0.25, -0.2) is 4.99 Å². The molecule has 106 valence electrons. The predicted octanol–water partition coefficient (Wildman–Crippen LogP) is 3.90. The molecular weight excluding hydrogens is 262 g/mol. The van der Waals surface area contributed by atoms with Crippen LogP contribution in [0.25, 0.3) is 5.76 Å². The van der Waals surface area contributed by atoms with Crippen LogP contribution in [0.2, 0.25) is 0 Å². The molecule has 0 saturated heterocycles. The number of aliphatic imine (C=N–C) groups is 1. The fraction of sp³-hybridized carbons (Fsp3) is 0.167. The lowest BCUT2D eigenvalue weighted by Crippen LogP contribution is -2.15. The average molecular weight is 279 g/mol. The Bertz CT molecular complexity index is 672. The van der Waals surface area contributed by atoms with E-state index in [1.165, 1.54) is 0 Å². The highest BCUT2D eigenvalue weighted by Crippen LogP contribution is 2.24. The van der Waals surface area contributed by atoms with Gasteiger partial charge >= 0.3 is 0 Å². The number of hydrogen-bond donors (Lipinski definition) is 0. The van der Waals surface area contributed by atoms with Crippen LogP contribution in [0.15, 0.2) is 65.7 Å². The van der Waals surface area contributed by atoms with Gasteiger partial charge in [-0.05, 0) is 37.3 Å². The predicted molar refractivity (Wildman–Crippen MR) is 84.5 cm³/mol. The van der Waals surface area contributed by atoms with Crippen LogP contribution in [-0.4, -0.2) is 19.0 Å². The first-order chi connectivity index (χ1) is 10.3. The average Bonchev–Trinajstić information content (AvgIpc) is 2.55. The summed E-state index contributed by atoms with van der Waals surface area (Å²) in [5.74, 6) is 2.32. The van der Waals surface area contributed by atoms with Gasteiger partial charge in [-0.3, -0.25) is 0 Å². The van der Waals surface area contributed by atoms with Crippen molar-refractivity contribution in [3.63, 3.8) is 0 Å². The second kappa shape index (κ2) is 5.83. The van der Waals surface area contributed by atoms with Crippen molar-refractivity contribution in [2.45, 2.75) is 13.0 Å². The minimum atomic E-state index is 0.0889. The Kier molecular flexibility index (Phi) is 3.73. The summed E-state index contributed by atoms with van der Waals surface area (Å²) in [6, 6.07) is 17.9. The van der Waals surface area contributed by atoms with Crippen LogP contribution in [0.3, 0.4) is 0 Å². The number of rotatable bonds is 3. The summed E-state index contributed by atoms with van der Waals surface area (Å²) in [5.41, 5.74) is 2.01. The van der Waals surface area contributed by atoms with Gasteiger partial charge in [-0.15, -0.1) is 0 Å². The maximum Gasteiger partial charge on any atom is 0.222 e. The smallest absolute Gasteiger partial charge is 0.222 e. The number of methoxy groups -OCH3 is 1. The van der Waals surface area contributed by atoms with E-state index >= 15 is 0 Å². The molecule has 1 aliphatic rings. The Morgan fingerprint density at radius 1 is 0.952 bits per heavy atom. The molecule has 3 rings (SSSR count). The highest BCUT2D eigenvalue weighted by Gasteiger charge is 2.17. The largest absolute Gasteiger partial charge is 0.497 e. The van der Waals surface area contributed by atoms with Gasteiger partial charge in [0.15, 0.2) is 0 Å². The van der Waals surface area contributed by atoms with Crippen LogP contribution in [0, 0.1) is 0 Å². The first-order valence-corrected chi connectivity index (χ1v) is 6.93. The van der Waals surface area contributed by atoms with E-state index in [2.05, 4.69) is 11.9 Å². The highest BCUT2D eigenvalue weighted by molar-refractivity contribution is 5.98. The van der Waals surface area contributed by atoms with Crippen molar-refractivity contribution in [3.8, 4) is 5.75 Å². The second-order valence-electron chi connectivity index (χ2n) is 4.90. The molecule has 0 N–H and O–H groups in total. The van der Waals surface area contributed by atoms with Gasteiger partial charge in [-0.2, -0.15) is 0 Å². The maximum absolute atomic E-state index is 5.97. The third-order valence-electron chi connectivity index (χ3n) is 3.32. The molecule has 0 fully saturated rings. The van der Waals surface area contributed by atoms with E-state index in [1.807, 2.05) is 60.7 Å². The minimum absolute atomic E-state index is 0.0889. The summed E-state index contributed by atoms with van der Waals surface area (Å²) in [6.45, 7) is 2.05. The Labute approximate surface area is 124 Å². The van der Waals surface area contributed by atoms with Gasteiger partial charge in [0.2, 0.25) is 5.90 Å². The fourth-order valence-electron chi connectivity index (χ4n) is 2.23. The van der Waals surface area contributed by atoms with Crippen LogP contribution < -0.4 is 4.74 Å². The van der Waals surface area contributed by atoms with Crippen molar-refractivity contribution < 1.29 is 9.47 Å². The first kappa shape index (κ1) is 13.4. The second-order valence-corrected chi connectivity index (χ2v) is 4.90. The van der Waals surface area contributed by atoms with E-state index < -0.39 is 0 Å². The molecular formula is C18H17NO2. The zero-order valence-electron chi connectivity index (χ0n) is 12.1. The lowest BCUT2D eigenvalue weighted by atomic mass is 10.1. The molecule has 0 bridgehead atoms. The summed E-state index contributed by atoms with van der Waals surface area (Å²) in [6.07, 6.45) is 2.03. The third-order valence-corrected chi connectivity index (χ3v) is 3.32. The van der Waals surface area contributed by atoms with E-state index in [9.17, 15) is 0 Å². The first-order valence-electron chi connectivity index (χ1n) is 6.93. The molecule has 0 saturated carbocycles. The molecule has 1 aliphatic heterocycles. The minimum Gasteiger partial charge on any atom is -0.497 e. The number of ether oxygens (including phenoxy) is 2. The molecule has 3 nitrogen and oxygen atoms in total. The number of benzene rings is 2. The number of hydrogen-bond acceptors (Lipinski definition) is 3. The van der Waals surface area contributed by atoms with Gasteiger partial charge in [0.05, 0.1) is 13.2 Å². The van der Waals surface area contributed by atoms with E-state index in [0.717, 1.165) is 22.6 Å². The Morgan fingerprint density at radius 2 is 1.67 bits per heavy atom.